The summed E-state index contributed by atoms with van der Waals surface area (Å²) < 4.78 is 0. The summed E-state index contributed by atoms with van der Waals surface area (Å²) in [6, 6.07) is 4.38. The van der Waals surface area contributed by atoms with Crippen LogP contribution in [0.5, 0.6) is 0 Å². The minimum absolute atomic E-state index is 0.423. The number of aryl methyl sites for hydroxylation is 2. The Labute approximate surface area is 131 Å². The van der Waals surface area contributed by atoms with Crippen molar-refractivity contribution in [2.24, 2.45) is 0 Å². The predicted octanol–water partition coefficient (Wildman–Crippen LogP) is 2.27. The molecule has 1 N–H and O–H groups in total. The van der Waals surface area contributed by atoms with Crippen molar-refractivity contribution in [1.82, 2.24) is 20.2 Å². The molecule has 3 rings (SSSR count). The molecule has 116 valence electrons. The molecule has 6 heteroatoms. The number of nitrogens with zero attached hydrogens (tertiary/aromatic N) is 5. The van der Waals surface area contributed by atoms with Gasteiger partial charge in [-0.25, -0.2) is 9.97 Å². The first-order valence-corrected chi connectivity index (χ1v) is 7.75. The summed E-state index contributed by atoms with van der Waals surface area (Å²) in [7, 11) is 0. The zero-order chi connectivity index (χ0) is 15.5. The molecule has 3 heterocycles. The van der Waals surface area contributed by atoms with E-state index in [0.717, 1.165) is 48.2 Å². The number of aromatic nitrogens is 4. The molecule has 22 heavy (non-hydrogen) atoms. The molecule has 1 saturated heterocycles. The van der Waals surface area contributed by atoms with Gasteiger partial charge in [0.25, 0.3) is 0 Å². The van der Waals surface area contributed by atoms with Crippen molar-refractivity contribution in [1.29, 1.82) is 0 Å². The van der Waals surface area contributed by atoms with Gasteiger partial charge in [-0.2, -0.15) is 5.10 Å². The highest BCUT2D eigenvalue weighted by atomic mass is 15.3. The summed E-state index contributed by atoms with van der Waals surface area (Å²) in [5.41, 5.74) is 2.15. The van der Waals surface area contributed by atoms with Gasteiger partial charge < -0.3 is 10.2 Å². The van der Waals surface area contributed by atoms with Crippen molar-refractivity contribution in [2.45, 2.75) is 39.7 Å². The molecule has 0 aliphatic carbocycles. The van der Waals surface area contributed by atoms with Crippen LogP contribution in [0, 0.1) is 20.8 Å². The van der Waals surface area contributed by atoms with E-state index in [9.17, 15) is 0 Å². The zero-order valence-electron chi connectivity index (χ0n) is 13.4. The standard InChI is InChI=1S/C16H22N6/c1-11-12(2)19-13(3)20-16(11)17-10-14-6-5-9-22(14)15-7-4-8-18-21-15/h4,7-8,14H,5-6,9-10H2,1-3H3,(H,17,19,20). The Kier molecular flexibility index (Phi) is 4.18. The monoisotopic (exact) mass is 298 g/mol. The van der Waals surface area contributed by atoms with Crippen LogP contribution in [0.3, 0.4) is 0 Å². The molecule has 0 saturated carbocycles. The first kappa shape index (κ1) is 14.7. The molecule has 0 spiro atoms. The summed E-state index contributed by atoms with van der Waals surface area (Å²) in [6.45, 7) is 7.90. The Morgan fingerprint density at radius 3 is 2.91 bits per heavy atom. The normalized spacial score (nSPS) is 17.8. The summed E-state index contributed by atoms with van der Waals surface area (Å²) in [6.07, 6.45) is 4.05. The SMILES string of the molecule is Cc1nc(C)c(C)c(NCC2CCCN2c2cccnn2)n1. The fourth-order valence-corrected chi connectivity index (χ4v) is 2.95. The first-order chi connectivity index (χ1) is 10.6. The Morgan fingerprint density at radius 2 is 2.14 bits per heavy atom. The third kappa shape index (κ3) is 3.00. The smallest absolute Gasteiger partial charge is 0.151 e. The number of rotatable bonds is 4. The van der Waals surface area contributed by atoms with Crippen LogP contribution in [0.2, 0.25) is 0 Å². The zero-order valence-corrected chi connectivity index (χ0v) is 13.4. The highest BCUT2D eigenvalue weighted by Gasteiger charge is 2.25. The van der Waals surface area contributed by atoms with Gasteiger partial charge in [-0.15, -0.1) is 5.10 Å². The molecule has 0 bridgehead atoms. The largest absolute Gasteiger partial charge is 0.368 e. The molecular weight excluding hydrogens is 276 g/mol. The van der Waals surface area contributed by atoms with Gasteiger partial charge in [0.2, 0.25) is 0 Å². The lowest BCUT2D eigenvalue weighted by Crippen LogP contribution is -2.35. The third-order valence-electron chi connectivity index (χ3n) is 4.24. The lowest BCUT2D eigenvalue weighted by molar-refractivity contribution is 0.684. The van der Waals surface area contributed by atoms with Crippen LogP contribution in [0.4, 0.5) is 11.6 Å². The van der Waals surface area contributed by atoms with Gasteiger partial charge in [0.1, 0.15) is 11.6 Å². The number of anilines is 2. The molecule has 1 aliphatic rings. The lowest BCUT2D eigenvalue weighted by atomic mass is 10.2. The van der Waals surface area contributed by atoms with E-state index in [1.807, 2.05) is 26.0 Å². The molecule has 1 unspecified atom stereocenters. The van der Waals surface area contributed by atoms with Crippen molar-refractivity contribution < 1.29 is 0 Å². The maximum absolute atomic E-state index is 4.52. The van der Waals surface area contributed by atoms with E-state index in [0.29, 0.717) is 6.04 Å². The van der Waals surface area contributed by atoms with Crippen molar-refractivity contribution in [2.75, 3.05) is 23.3 Å². The highest BCUT2D eigenvalue weighted by molar-refractivity contribution is 5.47. The first-order valence-electron chi connectivity index (χ1n) is 7.75. The van der Waals surface area contributed by atoms with Crippen molar-refractivity contribution in [3.05, 3.63) is 35.4 Å². The second-order valence-electron chi connectivity index (χ2n) is 5.78. The van der Waals surface area contributed by atoms with E-state index in [1.54, 1.807) is 6.20 Å². The Bertz CT molecular complexity index is 643. The van der Waals surface area contributed by atoms with E-state index < -0.39 is 0 Å². The molecule has 6 nitrogen and oxygen atoms in total. The molecule has 2 aromatic heterocycles. The minimum atomic E-state index is 0.423. The number of hydrogen-bond donors (Lipinski definition) is 1. The van der Waals surface area contributed by atoms with Gasteiger partial charge in [0.05, 0.1) is 0 Å². The molecule has 1 atom stereocenters. The van der Waals surface area contributed by atoms with Gasteiger partial charge in [-0.05, 0) is 45.7 Å². The molecular formula is C16H22N6. The van der Waals surface area contributed by atoms with Gasteiger partial charge >= 0.3 is 0 Å². The predicted molar refractivity (Wildman–Crippen MR) is 87.1 cm³/mol. The summed E-state index contributed by atoms with van der Waals surface area (Å²) in [5.74, 6) is 2.71. The molecule has 1 fully saturated rings. The minimum Gasteiger partial charge on any atom is -0.368 e. The van der Waals surface area contributed by atoms with E-state index in [-0.39, 0.29) is 0 Å². The van der Waals surface area contributed by atoms with Crippen molar-refractivity contribution in [3.63, 3.8) is 0 Å². The van der Waals surface area contributed by atoms with Crippen LogP contribution < -0.4 is 10.2 Å². The maximum Gasteiger partial charge on any atom is 0.151 e. The fraction of sp³-hybridized carbons (Fsp3) is 0.500. The van der Waals surface area contributed by atoms with Crippen molar-refractivity contribution in [3.8, 4) is 0 Å². The highest BCUT2D eigenvalue weighted by Crippen LogP contribution is 2.24. The van der Waals surface area contributed by atoms with Crippen LogP contribution in [0.25, 0.3) is 0 Å². The van der Waals surface area contributed by atoms with Gasteiger partial charge in [0, 0.05) is 36.6 Å². The van der Waals surface area contributed by atoms with Crippen LogP contribution in [-0.4, -0.2) is 39.3 Å². The Balaban J connectivity index is 1.71. The summed E-state index contributed by atoms with van der Waals surface area (Å²) in [4.78, 5) is 11.2. The number of nitrogens with one attached hydrogen (secondary N) is 1. The van der Waals surface area contributed by atoms with Crippen LogP contribution >= 0.6 is 0 Å². The molecule has 0 radical (unpaired) electrons. The number of hydrogen-bond acceptors (Lipinski definition) is 6. The fourth-order valence-electron chi connectivity index (χ4n) is 2.95. The molecule has 0 amide bonds. The van der Waals surface area contributed by atoms with Crippen LogP contribution in [-0.2, 0) is 0 Å². The van der Waals surface area contributed by atoms with Crippen molar-refractivity contribution >= 4 is 11.6 Å². The maximum atomic E-state index is 4.52. The molecule has 2 aromatic rings. The van der Waals surface area contributed by atoms with Gasteiger partial charge in [-0.3, -0.25) is 0 Å². The van der Waals surface area contributed by atoms with Crippen LogP contribution in [0.1, 0.15) is 29.9 Å². The second kappa shape index (κ2) is 6.25. The van der Waals surface area contributed by atoms with Gasteiger partial charge in [0.15, 0.2) is 5.82 Å². The van der Waals surface area contributed by atoms with E-state index in [4.69, 9.17) is 0 Å². The Morgan fingerprint density at radius 1 is 1.27 bits per heavy atom. The Hall–Kier alpha value is -2.24. The average Bonchev–Trinajstić information content (AvgIpc) is 2.99. The second-order valence-corrected chi connectivity index (χ2v) is 5.78. The molecule has 0 aromatic carbocycles. The van der Waals surface area contributed by atoms with E-state index in [1.165, 1.54) is 6.42 Å². The quantitative estimate of drug-likeness (QED) is 0.934. The van der Waals surface area contributed by atoms with E-state index in [2.05, 4.69) is 37.3 Å². The van der Waals surface area contributed by atoms with Crippen LogP contribution in [0.15, 0.2) is 18.3 Å². The molecule has 1 aliphatic heterocycles. The van der Waals surface area contributed by atoms with E-state index >= 15 is 0 Å². The third-order valence-corrected chi connectivity index (χ3v) is 4.24. The average molecular weight is 298 g/mol. The topological polar surface area (TPSA) is 66.8 Å². The lowest BCUT2D eigenvalue weighted by Gasteiger charge is -2.26. The summed E-state index contributed by atoms with van der Waals surface area (Å²) in [5, 5.41) is 11.7. The summed E-state index contributed by atoms with van der Waals surface area (Å²) >= 11 is 0. The van der Waals surface area contributed by atoms with Gasteiger partial charge in [-0.1, -0.05) is 0 Å².